The van der Waals surface area contributed by atoms with E-state index in [0.29, 0.717) is 5.41 Å². The van der Waals surface area contributed by atoms with Crippen LogP contribution in [0.3, 0.4) is 0 Å². The fourth-order valence-corrected chi connectivity index (χ4v) is 2.61. The molecule has 1 nitrogen and oxygen atoms in total. The third-order valence-electron chi connectivity index (χ3n) is 3.80. The number of allylic oxidation sites excluding steroid dienone is 2. The Kier molecular flexibility index (Phi) is 1.48. The van der Waals surface area contributed by atoms with Gasteiger partial charge in [0.25, 0.3) is 0 Å². The van der Waals surface area contributed by atoms with Crippen molar-refractivity contribution >= 4 is 5.78 Å². The van der Waals surface area contributed by atoms with Crippen molar-refractivity contribution in [2.24, 2.45) is 17.3 Å². The number of hydrogen-bond donors (Lipinski definition) is 0. The van der Waals surface area contributed by atoms with Gasteiger partial charge in [0.1, 0.15) is 0 Å². The average molecular weight is 164 g/mol. The van der Waals surface area contributed by atoms with Gasteiger partial charge >= 0.3 is 0 Å². The second-order valence-corrected chi connectivity index (χ2v) is 4.76. The van der Waals surface area contributed by atoms with E-state index in [1.165, 1.54) is 0 Å². The summed E-state index contributed by atoms with van der Waals surface area (Å²) >= 11 is 0. The predicted octanol–water partition coefficient (Wildman–Crippen LogP) is 2.57. The Balaban J connectivity index is 2.11. The zero-order valence-corrected chi connectivity index (χ0v) is 8.05. The Morgan fingerprint density at radius 3 is 2.67 bits per heavy atom. The SMILES string of the molecule is CC(=O)C1=CC[C@@H]2[C@@H](C1)C2(C)C. The van der Waals surface area contributed by atoms with Crippen molar-refractivity contribution in [3.63, 3.8) is 0 Å². The van der Waals surface area contributed by atoms with Crippen LogP contribution in [0.25, 0.3) is 0 Å². The Labute approximate surface area is 73.8 Å². The highest BCUT2D eigenvalue weighted by molar-refractivity contribution is 5.93. The molecule has 0 aromatic heterocycles. The smallest absolute Gasteiger partial charge is 0.155 e. The predicted molar refractivity (Wildman–Crippen MR) is 48.8 cm³/mol. The quantitative estimate of drug-likeness (QED) is 0.582. The molecule has 0 saturated heterocycles. The molecule has 0 amide bonds. The van der Waals surface area contributed by atoms with Gasteiger partial charge in [-0.2, -0.15) is 0 Å². The van der Waals surface area contributed by atoms with Crippen molar-refractivity contribution in [2.45, 2.75) is 33.6 Å². The fraction of sp³-hybridized carbons (Fsp3) is 0.727. The van der Waals surface area contributed by atoms with Crippen LogP contribution in [0, 0.1) is 17.3 Å². The molecule has 0 aromatic rings. The summed E-state index contributed by atoms with van der Waals surface area (Å²) in [6.07, 6.45) is 4.32. The van der Waals surface area contributed by atoms with Crippen LogP contribution >= 0.6 is 0 Å². The van der Waals surface area contributed by atoms with Crippen LogP contribution in [0.5, 0.6) is 0 Å². The summed E-state index contributed by atoms with van der Waals surface area (Å²) in [6, 6.07) is 0. The summed E-state index contributed by atoms with van der Waals surface area (Å²) in [6.45, 7) is 6.32. The molecule has 0 spiro atoms. The largest absolute Gasteiger partial charge is 0.295 e. The molecule has 1 fully saturated rings. The van der Waals surface area contributed by atoms with Gasteiger partial charge in [-0.1, -0.05) is 19.9 Å². The van der Waals surface area contributed by atoms with E-state index >= 15 is 0 Å². The first kappa shape index (κ1) is 8.03. The molecular formula is C11H16O. The van der Waals surface area contributed by atoms with Crippen molar-refractivity contribution in [3.05, 3.63) is 11.6 Å². The molecule has 0 aromatic carbocycles. The van der Waals surface area contributed by atoms with E-state index < -0.39 is 0 Å². The Morgan fingerprint density at radius 2 is 2.17 bits per heavy atom. The average Bonchev–Trinajstić information content (AvgIpc) is 2.55. The Morgan fingerprint density at radius 1 is 1.50 bits per heavy atom. The van der Waals surface area contributed by atoms with Crippen LogP contribution in [0.4, 0.5) is 0 Å². The lowest BCUT2D eigenvalue weighted by molar-refractivity contribution is -0.113. The number of hydrogen-bond acceptors (Lipinski definition) is 1. The van der Waals surface area contributed by atoms with Gasteiger partial charge in [0.2, 0.25) is 0 Å². The summed E-state index contributed by atoms with van der Waals surface area (Å²) in [7, 11) is 0. The molecule has 2 atom stereocenters. The summed E-state index contributed by atoms with van der Waals surface area (Å²) in [4.78, 5) is 11.1. The number of rotatable bonds is 1. The molecule has 0 bridgehead atoms. The summed E-state index contributed by atoms with van der Waals surface area (Å²) in [5.74, 6) is 1.93. The highest BCUT2D eigenvalue weighted by atomic mass is 16.1. The van der Waals surface area contributed by atoms with E-state index in [1.54, 1.807) is 6.92 Å². The van der Waals surface area contributed by atoms with Crippen molar-refractivity contribution < 1.29 is 4.79 Å². The Bertz CT molecular complexity index is 260. The second kappa shape index (κ2) is 2.21. The third kappa shape index (κ3) is 0.954. The molecule has 2 aliphatic rings. The highest BCUT2D eigenvalue weighted by Gasteiger charge is 2.57. The lowest BCUT2D eigenvalue weighted by Crippen LogP contribution is -2.02. The van der Waals surface area contributed by atoms with Crippen LogP contribution in [0.1, 0.15) is 33.6 Å². The minimum Gasteiger partial charge on any atom is -0.295 e. The molecule has 0 N–H and O–H groups in total. The first-order valence-electron chi connectivity index (χ1n) is 4.73. The first-order chi connectivity index (χ1) is 5.53. The zero-order valence-electron chi connectivity index (χ0n) is 8.05. The van der Waals surface area contributed by atoms with Crippen LogP contribution in [-0.4, -0.2) is 5.78 Å². The molecule has 0 heterocycles. The van der Waals surface area contributed by atoms with E-state index in [4.69, 9.17) is 0 Å². The Hall–Kier alpha value is -0.590. The highest BCUT2D eigenvalue weighted by Crippen LogP contribution is 2.64. The van der Waals surface area contributed by atoms with E-state index in [1.807, 2.05) is 0 Å². The van der Waals surface area contributed by atoms with Crippen molar-refractivity contribution in [1.82, 2.24) is 0 Å². The number of carbonyl (C=O) groups is 1. The fourth-order valence-electron chi connectivity index (χ4n) is 2.61. The van der Waals surface area contributed by atoms with Crippen molar-refractivity contribution in [3.8, 4) is 0 Å². The van der Waals surface area contributed by atoms with E-state index in [-0.39, 0.29) is 5.78 Å². The van der Waals surface area contributed by atoms with E-state index in [2.05, 4.69) is 19.9 Å². The van der Waals surface area contributed by atoms with Crippen molar-refractivity contribution in [1.29, 1.82) is 0 Å². The molecule has 1 heteroatoms. The van der Waals surface area contributed by atoms with Crippen LogP contribution in [0.2, 0.25) is 0 Å². The van der Waals surface area contributed by atoms with Gasteiger partial charge in [0.15, 0.2) is 5.78 Å². The minimum absolute atomic E-state index is 0.274. The van der Waals surface area contributed by atoms with Gasteiger partial charge in [-0.05, 0) is 42.6 Å². The third-order valence-corrected chi connectivity index (χ3v) is 3.80. The molecule has 66 valence electrons. The molecule has 0 unspecified atom stereocenters. The summed E-state index contributed by atoms with van der Waals surface area (Å²) in [5, 5.41) is 0. The summed E-state index contributed by atoms with van der Waals surface area (Å²) in [5.41, 5.74) is 1.58. The molecule has 1 saturated carbocycles. The van der Waals surface area contributed by atoms with E-state index in [9.17, 15) is 4.79 Å². The lowest BCUT2D eigenvalue weighted by Gasteiger charge is -2.07. The van der Waals surface area contributed by atoms with E-state index in [0.717, 1.165) is 30.3 Å². The molecule has 12 heavy (non-hydrogen) atoms. The number of carbonyl (C=O) groups excluding carboxylic acids is 1. The number of ketones is 1. The van der Waals surface area contributed by atoms with Gasteiger partial charge in [-0.25, -0.2) is 0 Å². The lowest BCUT2D eigenvalue weighted by atomic mass is 9.97. The summed E-state index contributed by atoms with van der Waals surface area (Å²) < 4.78 is 0. The maximum absolute atomic E-state index is 11.1. The normalized spacial score (nSPS) is 36.8. The minimum atomic E-state index is 0.274. The zero-order chi connectivity index (χ0) is 8.93. The number of Topliss-reactive ketones (excluding diaryl/α,β-unsaturated/α-hetero) is 1. The maximum Gasteiger partial charge on any atom is 0.155 e. The monoisotopic (exact) mass is 164 g/mol. The molecule has 0 radical (unpaired) electrons. The van der Waals surface area contributed by atoms with Crippen LogP contribution in [-0.2, 0) is 4.79 Å². The molecule has 2 rings (SSSR count). The van der Waals surface area contributed by atoms with Gasteiger partial charge < -0.3 is 0 Å². The molecule has 2 aliphatic carbocycles. The van der Waals surface area contributed by atoms with Gasteiger partial charge in [-0.15, -0.1) is 0 Å². The standard InChI is InChI=1S/C11H16O/c1-7(12)8-4-5-9-10(6-8)11(9,2)3/h4,9-10H,5-6H2,1-3H3/t9-,10-/m1/s1. The number of fused-ring (bicyclic) bond motifs is 1. The van der Waals surface area contributed by atoms with Crippen LogP contribution < -0.4 is 0 Å². The topological polar surface area (TPSA) is 17.1 Å². The maximum atomic E-state index is 11.1. The first-order valence-corrected chi connectivity index (χ1v) is 4.73. The molecule has 0 aliphatic heterocycles. The van der Waals surface area contributed by atoms with Gasteiger partial charge in [0.05, 0.1) is 0 Å². The van der Waals surface area contributed by atoms with Crippen molar-refractivity contribution in [2.75, 3.05) is 0 Å². The van der Waals surface area contributed by atoms with Gasteiger partial charge in [0, 0.05) is 0 Å². The van der Waals surface area contributed by atoms with Gasteiger partial charge in [-0.3, -0.25) is 4.79 Å². The van der Waals surface area contributed by atoms with Crippen LogP contribution in [0.15, 0.2) is 11.6 Å². The molecular weight excluding hydrogens is 148 g/mol. The second-order valence-electron chi connectivity index (χ2n) is 4.76.